The lowest BCUT2D eigenvalue weighted by molar-refractivity contribution is -0.123. The van der Waals surface area contributed by atoms with E-state index in [9.17, 15) is 4.79 Å². The summed E-state index contributed by atoms with van der Waals surface area (Å²) in [5.41, 5.74) is 0. The van der Waals surface area contributed by atoms with Crippen molar-refractivity contribution in [1.82, 2.24) is 4.90 Å². The van der Waals surface area contributed by atoms with Crippen molar-refractivity contribution in [3.05, 3.63) is 0 Å². The average molecular weight is 208 g/mol. The second-order valence-electron chi connectivity index (χ2n) is 4.77. The third-order valence-electron chi connectivity index (χ3n) is 2.92. The van der Waals surface area contributed by atoms with Crippen LogP contribution in [0.5, 0.6) is 0 Å². The van der Waals surface area contributed by atoms with Crippen LogP contribution in [0.4, 0.5) is 0 Å². The molecule has 0 N–H and O–H groups in total. The van der Waals surface area contributed by atoms with Gasteiger partial charge in [-0.1, -0.05) is 13.8 Å². The molecule has 0 aromatic carbocycles. The van der Waals surface area contributed by atoms with E-state index >= 15 is 0 Å². The third kappa shape index (κ3) is 4.01. The summed E-state index contributed by atoms with van der Waals surface area (Å²) in [6, 6.07) is 1.95. The molecule has 0 aromatic heterocycles. The first kappa shape index (κ1) is 12.2. The van der Waals surface area contributed by atoms with Crippen LogP contribution in [0.3, 0.4) is 0 Å². The molecule has 1 saturated heterocycles. The Morgan fingerprint density at radius 1 is 1.47 bits per heavy atom. The maximum Gasteiger partial charge on any atom is 0.150 e. The lowest BCUT2D eigenvalue weighted by atomic mass is 9.91. The Morgan fingerprint density at radius 2 is 2.07 bits per heavy atom. The van der Waals surface area contributed by atoms with E-state index in [0.717, 1.165) is 32.5 Å². The lowest BCUT2D eigenvalue weighted by Gasteiger charge is -2.31. The van der Waals surface area contributed by atoms with E-state index in [1.54, 1.807) is 0 Å². The van der Waals surface area contributed by atoms with Gasteiger partial charge in [0.2, 0.25) is 0 Å². The number of carbonyl (C=O) groups excluding carboxylic acids is 1. The van der Waals surface area contributed by atoms with Crippen LogP contribution < -0.4 is 0 Å². The van der Waals surface area contributed by atoms with Gasteiger partial charge in [0, 0.05) is 12.5 Å². The van der Waals surface area contributed by atoms with E-state index < -0.39 is 0 Å². The summed E-state index contributed by atoms with van der Waals surface area (Å²) in [6.45, 7) is 7.58. The van der Waals surface area contributed by atoms with Crippen molar-refractivity contribution in [2.75, 3.05) is 19.6 Å². The van der Waals surface area contributed by atoms with Gasteiger partial charge in [-0.15, -0.1) is 0 Å². The fourth-order valence-corrected chi connectivity index (χ4v) is 2.18. The second kappa shape index (κ2) is 5.87. The molecule has 0 saturated carbocycles. The topological polar surface area (TPSA) is 44.1 Å². The summed E-state index contributed by atoms with van der Waals surface area (Å²) in [7, 11) is 0. The minimum absolute atomic E-state index is 0.0921. The molecule has 3 heteroatoms. The first-order chi connectivity index (χ1) is 7.13. The Morgan fingerprint density at radius 3 is 2.53 bits per heavy atom. The van der Waals surface area contributed by atoms with Crippen molar-refractivity contribution < 1.29 is 4.79 Å². The van der Waals surface area contributed by atoms with Crippen LogP contribution in [0.1, 0.15) is 33.1 Å². The number of hydrogen-bond donors (Lipinski definition) is 0. The summed E-state index contributed by atoms with van der Waals surface area (Å²) in [5.74, 6) is 0.978. The minimum atomic E-state index is 0.0921. The van der Waals surface area contributed by atoms with Crippen LogP contribution in [0, 0.1) is 23.2 Å². The molecular weight excluding hydrogens is 188 g/mol. The van der Waals surface area contributed by atoms with Crippen molar-refractivity contribution in [2.24, 2.45) is 11.8 Å². The van der Waals surface area contributed by atoms with E-state index in [-0.39, 0.29) is 18.1 Å². The normalized spacial score (nSPS) is 19.1. The molecule has 1 heterocycles. The molecule has 0 bridgehead atoms. The summed E-state index contributed by atoms with van der Waals surface area (Å²) in [4.78, 5) is 13.9. The first-order valence-electron chi connectivity index (χ1n) is 5.75. The molecule has 0 atom stereocenters. The van der Waals surface area contributed by atoms with Gasteiger partial charge in [0.15, 0.2) is 0 Å². The average Bonchev–Trinajstić information content (AvgIpc) is 2.18. The van der Waals surface area contributed by atoms with Crippen LogP contribution in [0.2, 0.25) is 0 Å². The minimum Gasteiger partial charge on any atom is -0.303 e. The maximum atomic E-state index is 11.5. The molecule has 1 aliphatic rings. The zero-order valence-electron chi connectivity index (χ0n) is 9.70. The van der Waals surface area contributed by atoms with E-state index in [1.807, 2.05) is 6.07 Å². The molecule has 15 heavy (non-hydrogen) atoms. The van der Waals surface area contributed by atoms with Crippen molar-refractivity contribution in [3.8, 4) is 6.07 Å². The molecule has 0 spiro atoms. The fraction of sp³-hybridized carbons (Fsp3) is 0.833. The van der Waals surface area contributed by atoms with Gasteiger partial charge in [0.1, 0.15) is 5.78 Å². The van der Waals surface area contributed by atoms with Gasteiger partial charge in [-0.25, -0.2) is 0 Å². The van der Waals surface area contributed by atoms with Crippen molar-refractivity contribution >= 4 is 5.78 Å². The summed E-state index contributed by atoms with van der Waals surface area (Å²) in [6.07, 6.45) is 1.97. The first-order valence-corrected chi connectivity index (χ1v) is 5.75. The van der Waals surface area contributed by atoms with Crippen LogP contribution in [0.15, 0.2) is 0 Å². The number of carbonyl (C=O) groups is 1. The number of Topliss-reactive ketones (excluding diaryl/α,β-unsaturated/α-hetero) is 1. The Balaban J connectivity index is 2.30. The number of rotatable bonds is 4. The number of likely N-dealkylation sites (tertiary alicyclic amines) is 1. The van der Waals surface area contributed by atoms with Gasteiger partial charge < -0.3 is 4.90 Å². The van der Waals surface area contributed by atoms with Crippen LogP contribution in [0.25, 0.3) is 0 Å². The molecule has 1 fully saturated rings. The predicted molar refractivity (Wildman–Crippen MR) is 59.2 cm³/mol. The lowest BCUT2D eigenvalue weighted by Crippen LogP contribution is -2.38. The molecule has 0 radical (unpaired) electrons. The molecule has 0 aromatic rings. The van der Waals surface area contributed by atoms with Crippen LogP contribution >= 0.6 is 0 Å². The highest BCUT2D eigenvalue weighted by atomic mass is 16.1. The molecule has 1 rings (SSSR count). The standard InChI is InChI=1S/C12H20N2O/c1-10(2)9-14-7-4-11(5-8-14)12(15)3-6-13/h10-11H,3-5,7-9H2,1-2H3. The zero-order chi connectivity index (χ0) is 11.3. The summed E-state index contributed by atoms with van der Waals surface area (Å²) < 4.78 is 0. The number of ketones is 1. The van der Waals surface area contributed by atoms with Crippen LogP contribution in [-0.2, 0) is 4.79 Å². The predicted octanol–water partition coefficient (Wildman–Crippen LogP) is 1.84. The van der Waals surface area contributed by atoms with Gasteiger partial charge in [0.25, 0.3) is 0 Å². The highest BCUT2D eigenvalue weighted by Gasteiger charge is 2.24. The van der Waals surface area contributed by atoms with Crippen molar-refractivity contribution in [1.29, 1.82) is 5.26 Å². The van der Waals surface area contributed by atoms with Crippen molar-refractivity contribution in [2.45, 2.75) is 33.1 Å². The number of nitriles is 1. The highest BCUT2D eigenvalue weighted by Crippen LogP contribution is 2.19. The fourth-order valence-electron chi connectivity index (χ4n) is 2.18. The zero-order valence-corrected chi connectivity index (χ0v) is 9.70. The molecule has 0 aliphatic carbocycles. The van der Waals surface area contributed by atoms with E-state index in [4.69, 9.17) is 5.26 Å². The molecule has 84 valence electrons. The molecule has 0 amide bonds. The Hall–Kier alpha value is -0.880. The van der Waals surface area contributed by atoms with Gasteiger partial charge in [-0.2, -0.15) is 5.26 Å². The molecular formula is C12H20N2O. The Bertz CT molecular complexity index is 247. The SMILES string of the molecule is CC(C)CN1CCC(C(=O)CC#N)CC1. The molecule has 1 aliphatic heterocycles. The number of nitrogens with zero attached hydrogens (tertiary/aromatic N) is 2. The van der Waals surface area contributed by atoms with Crippen LogP contribution in [-0.4, -0.2) is 30.3 Å². The van der Waals surface area contributed by atoms with E-state index in [0.29, 0.717) is 5.92 Å². The van der Waals surface area contributed by atoms with Gasteiger partial charge >= 0.3 is 0 Å². The van der Waals surface area contributed by atoms with E-state index in [1.165, 1.54) is 0 Å². The monoisotopic (exact) mass is 208 g/mol. The second-order valence-corrected chi connectivity index (χ2v) is 4.77. The quantitative estimate of drug-likeness (QED) is 0.708. The number of hydrogen-bond acceptors (Lipinski definition) is 3. The number of piperidine rings is 1. The van der Waals surface area contributed by atoms with Gasteiger partial charge in [0.05, 0.1) is 12.5 Å². The maximum absolute atomic E-state index is 11.5. The Kier molecular flexibility index (Phi) is 4.77. The Labute approximate surface area is 92.1 Å². The van der Waals surface area contributed by atoms with Gasteiger partial charge in [-0.05, 0) is 31.8 Å². The summed E-state index contributed by atoms with van der Waals surface area (Å²) >= 11 is 0. The van der Waals surface area contributed by atoms with E-state index in [2.05, 4.69) is 18.7 Å². The largest absolute Gasteiger partial charge is 0.303 e. The van der Waals surface area contributed by atoms with Crippen molar-refractivity contribution in [3.63, 3.8) is 0 Å². The third-order valence-corrected chi connectivity index (χ3v) is 2.92. The molecule has 3 nitrogen and oxygen atoms in total. The summed E-state index contributed by atoms with van der Waals surface area (Å²) in [5, 5.41) is 8.46. The smallest absolute Gasteiger partial charge is 0.150 e. The molecule has 0 unspecified atom stereocenters. The highest BCUT2D eigenvalue weighted by molar-refractivity contribution is 5.82. The van der Waals surface area contributed by atoms with Gasteiger partial charge in [-0.3, -0.25) is 4.79 Å².